The molecule has 0 heterocycles. The Morgan fingerprint density at radius 3 is 2.33 bits per heavy atom. The molecule has 0 aromatic heterocycles. The molecule has 27 heavy (non-hydrogen) atoms. The Bertz CT molecular complexity index is 792. The van der Waals surface area contributed by atoms with Crippen molar-refractivity contribution in [2.75, 3.05) is 25.6 Å². The Labute approximate surface area is 153 Å². The smallest absolute Gasteiger partial charge is 0.405 e. The summed E-state index contributed by atoms with van der Waals surface area (Å²) in [5, 5.41) is 4.38. The summed E-state index contributed by atoms with van der Waals surface area (Å²) in [4.78, 5) is 23.6. The number of ether oxygens (including phenoxy) is 2. The summed E-state index contributed by atoms with van der Waals surface area (Å²) in [5.41, 5.74) is 0.835. The molecule has 144 valence electrons. The van der Waals surface area contributed by atoms with E-state index in [1.165, 1.54) is 31.4 Å². The molecule has 0 saturated carbocycles. The van der Waals surface area contributed by atoms with E-state index in [1.807, 2.05) is 0 Å². The van der Waals surface area contributed by atoms with Crippen molar-refractivity contribution < 1.29 is 32.2 Å². The highest BCUT2D eigenvalue weighted by molar-refractivity contribution is 6.06. The van der Waals surface area contributed by atoms with E-state index in [0.717, 1.165) is 0 Å². The van der Waals surface area contributed by atoms with Gasteiger partial charge in [0.15, 0.2) is 6.61 Å². The van der Waals surface area contributed by atoms with Crippen LogP contribution >= 0.6 is 0 Å². The second kappa shape index (κ2) is 8.93. The lowest BCUT2D eigenvalue weighted by Gasteiger charge is -2.11. The van der Waals surface area contributed by atoms with Gasteiger partial charge >= 0.3 is 6.18 Å². The third-order valence-electron chi connectivity index (χ3n) is 3.32. The molecule has 0 spiro atoms. The summed E-state index contributed by atoms with van der Waals surface area (Å²) >= 11 is 0. The zero-order valence-corrected chi connectivity index (χ0v) is 14.3. The Morgan fingerprint density at radius 1 is 1.04 bits per heavy atom. The van der Waals surface area contributed by atoms with Gasteiger partial charge in [0.05, 0.1) is 12.7 Å². The van der Waals surface area contributed by atoms with E-state index in [1.54, 1.807) is 29.6 Å². The Balaban J connectivity index is 1.88. The van der Waals surface area contributed by atoms with Crippen molar-refractivity contribution in [2.45, 2.75) is 6.18 Å². The summed E-state index contributed by atoms with van der Waals surface area (Å²) in [6.45, 7) is -1.97. The van der Waals surface area contributed by atoms with Crippen molar-refractivity contribution in [3.05, 3.63) is 54.1 Å². The topological polar surface area (TPSA) is 76.7 Å². The average Bonchev–Trinajstić information content (AvgIpc) is 2.65. The fourth-order valence-electron chi connectivity index (χ4n) is 2.06. The average molecular weight is 382 g/mol. The molecule has 2 N–H and O–H groups in total. The summed E-state index contributed by atoms with van der Waals surface area (Å²) in [5.74, 6) is -0.555. The van der Waals surface area contributed by atoms with E-state index in [9.17, 15) is 22.8 Å². The Hall–Kier alpha value is -3.23. The maximum atomic E-state index is 12.3. The highest BCUT2D eigenvalue weighted by atomic mass is 19.4. The molecule has 0 aliphatic heterocycles. The third-order valence-corrected chi connectivity index (χ3v) is 3.32. The minimum Gasteiger partial charge on any atom is -0.496 e. The van der Waals surface area contributed by atoms with Gasteiger partial charge in [0.25, 0.3) is 11.8 Å². The van der Waals surface area contributed by atoms with Crippen molar-refractivity contribution in [3.8, 4) is 11.5 Å². The van der Waals surface area contributed by atoms with E-state index < -0.39 is 25.2 Å². The number of rotatable bonds is 7. The van der Waals surface area contributed by atoms with Crippen LogP contribution < -0.4 is 20.1 Å². The normalized spacial score (nSPS) is 10.8. The van der Waals surface area contributed by atoms with E-state index in [4.69, 9.17) is 9.47 Å². The number of alkyl halides is 3. The van der Waals surface area contributed by atoms with Crippen molar-refractivity contribution in [1.82, 2.24) is 5.32 Å². The molecule has 2 amide bonds. The number of hydrogen-bond acceptors (Lipinski definition) is 4. The monoisotopic (exact) mass is 382 g/mol. The zero-order chi connectivity index (χ0) is 19.9. The summed E-state index contributed by atoms with van der Waals surface area (Å²) in [6, 6.07) is 12.8. The lowest BCUT2D eigenvalue weighted by Crippen LogP contribution is -2.36. The van der Waals surface area contributed by atoms with Gasteiger partial charge in [0.2, 0.25) is 0 Å². The van der Waals surface area contributed by atoms with Crippen LogP contribution in [0.5, 0.6) is 11.5 Å². The van der Waals surface area contributed by atoms with Gasteiger partial charge in [-0.05, 0) is 36.4 Å². The lowest BCUT2D eigenvalue weighted by molar-refractivity contribution is -0.139. The quantitative estimate of drug-likeness (QED) is 0.772. The van der Waals surface area contributed by atoms with E-state index in [-0.39, 0.29) is 11.7 Å². The predicted octanol–water partition coefficient (Wildman–Crippen LogP) is 3.00. The molecule has 9 heteroatoms. The van der Waals surface area contributed by atoms with Gasteiger partial charge in [-0.2, -0.15) is 13.2 Å². The molecule has 2 rings (SSSR count). The molecule has 0 saturated heterocycles. The van der Waals surface area contributed by atoms with Crippen LogP contribution in [0.4, 0.5) is 18.9 Å². The number of nitrogens with one attached hydrogen (secondary N) is 2. The van der Waals surface area contributed by atoms with E-state index in [2.05, 4.69) is 5.32 Å². The van der Waals surface area contributed by atoms with Gasteiger partial charge < -0.3 is 20.1 Å². The van der Waals surface area contributed by atoms with Gasteiger partial charge in [0.1, 0.15) is 18.0 Å². The van der Waals surface area contributed by atoms with Crippen LogP contribution in [-0.4, -0.2) is 38.3 Å². The highest BCUT2D eigenvalue weighted by Crippen LogP contribution is 2.20. The first-order chi connectivity index (χ1) is 12.8. The number of carbonyl (C=O) groups is 2. The minimum atomic E-state index is -4.48. The number of benzene rings is 2. The largest absolute Gasteiger partial charge is 0.496 e. The first-order valence-electron chi connectivity index (χ1n) is 7.79. The molecule has 2 aromatic rings. The maximum Gasteiger partial charge on any atom is 0.405 e. The number of amides is 2. The van der Waals surface area contributed by atoms with Crippen LogP contribution in [0.2, 0.25) is 0 Å². The summed E-state index contributed by atoms with van der Waals surface area (Å²) in [7, 11) is 1.46. The number of halogens is 3. The number of para-hydroxylation sites is 1. The van der Waals surface area contributed by atoms with Gasteiger partial charge in [-0.1, -0.05) is 12.1 Å². The summed E-state index contributed by atoms with van der Waals surface area (Å²) < 4.78 is 46.2. The number of carbonyl (C=O) groups excluding carboxylic acids is 2. The van der Waals surface area contributed by atoms with E-state index >= 15 is 0 Å². The van der Waals surface area contributed by atoms with Gasteiger partial charge in [0, 0.05) is 5.69 Å². The molecule has 6 nitrogen and oxygen atoms in total. The molecular formula is C18H17F3N2O4. The second-order valence-corrected chi connectivity index (χ2v) is 5.36. The van der Waals surface area contributed by atoms with Gasteiger partial charge in [-0.15, -0.1) is 0 Å². The Morgan fingerprint density at radius 2 is 1.70 bits per heavy atom. The fraction of sp³-hybridized carbons (Fsp3) is 0.222. The molecule has 0 bridgehead atoms. The standard InChI is InChI=1S/C18H17F3N2O4/c1-26-15-5-3-2-4-14(15)17(25)23-12-6-8-13(9-7-12)27-10-16(24)22-11-18(19,20)21/h2-9H,10-11H2,1H3,(H,22,24)(H,23,25). The highest BCUT2D eigenvalue weighted by Gasteiger charge is 2.27. The van der Waals surface area contributed by atoms with Crippen molar-refractivity contribution in [1.29, 1.82) is 0 Å². The minimum absolute atomic E-state index is 0.271. The van der Waals surface area contributed by atoms with Crippen LogP contribution in [0.1, 0.15) is 10.4 Å². The van der Waals surface area contributed by atoms with Crippen LogP contribution in [-0.2, 0) is 4.79 Å². The molecular weight excluding hydrogens is 365 g/mol. The first kappa shape index (κ1) is 20.1. The van der Waals surface area contributed by atoms with Crippen molar-refractivity contribution in [2.24, 2.45) is 0 Å². The molecule has 0 aliphatic carbocycles. The number of methoxy groups -OCH3 is 1. The predicted molar refractivity (Wildman–Crippen MR) is 91.9 cm³/mol. The van der Waals surface area contributed by atoms with Crippen molar-refractivity contribution in [3.63, 3.8) is 0 Å². The Kier molecular flexibility index (Phi) is 6.64. The number of hydrogen-bond donors (Lipinski definition) is 2. The zero-order valence-electron chi connectivity index (χ0n) is 14.3. The molecule has 0 unspecified atom stereocenters. The number of anilines is 1. The summed E-state index contributed by atoms with van der Waals surface area (Å²) in [6.07, 6.45) is -4.48. The molecule has 2 aromatic carbocycles. The van der Waals surface area contributed by atoms with Crippen LogP contribution in [0, 0.1) is 0 Å². The van der Waals surface area contributed by atoms with Crippen LogP contribution in [0.25, 0.3) is 0 Å². The SMILES string of the molecule is COc1ccccc1C(=O)Nc1ccc(OCC(=O)NCC(F)(F)F)cc1. The van der Waals surface area contributed by atoms with Gasteiger partial charge in [-0.25, -0.2) is 0 Å². The van der Waals surface area contributed by atoms with Gasteiger partial charge in [-0.3, -0.25) is 9.59 Å². The fourth-order valence-corrected chi connectivity index (χ4v) is 2.06. The third kappa shape index (κ3) is 6.53. The van der Waals surface area contributed by atoms with E-state index in [0.29, 0.717) is 17.0 Å². The van der Waals surface area contributed by atoms with Crippen molar-refractivity contribution >= 4 is 17.5 Å². The molecule has 0 aliphatic rings. The molecule has 0 radical (unpaired) electrons. The first-order valence-corrected chi connectivity index (χ1v) is 7.79. The molecule has 0 fully saturated rings. The second-order valence-electron chi connectivity index (χ2n) is 5.36. The van der Waals surface area contributed by atoms with Crippen LogP contribution in [0.15, 0.2) is 48.5 Å². The lowest BCUT2D eigenvalue weighted by atomic mass is 10.2. The van der Waals surface area contributed by atoms with Crippen LogP contribution in [0.3, 0.4) is 0 Å². The molecule has 0 atom stereocenters. The maximum absolute atomic E-state index is 12.3.